The third kappa shape index (κ3) is 2.99. The van der Waals surface area contributed by atoms with Crippen molar-refractivity contribution >= 4 is 5.91 Å². The molecule has 1 amide bonds. The van der Waals surface area contributed by atoms with Gasteiger partial charge in [-0.25, -0.2) is 17.6 Å². The Labute approximate surface area is 101 Å². The second kappa shape index (κ2) is 5.83. The third-order valence-electron chi connectivity index (χ3n) is 2.33. The van der Waals surface area contributed by atoms with Gasteiger partial charge in [-0.15, -0.1) is 0 Å². The molecular weight excluding hydrogens is 254 g/mol. The molecule has 0 saturated heterocycles. The maximum atomic E-state index is 12.7. The molecule has 0 bridgehead atoms. The van der Waals surface area contributed by atoms with E-state index in [1.165, 1.54) is 6.92 Å². The maximum Gasteiger partial charge on any atom is 0.282 e. The molecule has 4 nitrogen and oxygen atoms in total. The van der Waals surface area contributed by atoms with Gasteiger partial charge in [0.2, 0.25) is 5.91 Å². The fourth-order valence-corrected chi connectivity index (χ4v) is 1.44. The predicted octanol–water partition coefficient (Wildman–Crippen LogP) is 2.46. The number of alkyl halides is 4. The van der Waals surface area contributed by atoms with Gasteiger partial charge < -0.3 is 5.32 Å². The van der Waals surface area contributed by atoms with Gasteiger partial charge >= 0.3 is 0 Å². The average Bonchev–Trinajstić information content (AvgIpc) is 2.73. The fourth-order valence-electron chi connectivity index (χ4n) is 1.44. The Morgan fingerprint density at radius 1 is 1.39 bits per heavy atom. The lowest BCUT2D eigenvalue weighted by atomic mass is 10.3. The Morgan fingerprint density at radius 3 is 2.44 bits per heavy atom. The zero-order chi connectivity index (χ0) is 13.9. The molecule has 0 saturated carbocycles. The summed E-state index contributed by atoms with van der Waals surface area (Å²) in [4.78, 5) is 11.5. The van der Waals surface area contributed by atoms with Crippen LogP contribution in [0.4, 0.5) is 17.6 Å². The molecular formula is C10H13F4N3O. The number of carbonyl (C=O) groups excluding carboxylic acids is 1. The fraction of sp³-hybridized carbons (Fsp3) is 0.600. The minimum Gasteiger partial charge on any atom is -0.355 e. The molecule has 1 atom stereocenters. The van der Waals surface area contributed by atoms with E-state index in [0.29, 0.717) is 17.3 Å². The molecule has 1 unspecified atom stereocenters. The first-order chi connectivity index (χ1) is 8.38. The van der Waals surface area contributed by atoms with Crippen molar-refractivity contribution in [2.75, 3.05) is 6.54 Å². The molecule has 0 fully saturated rings. The van der Waals surface area contributed by atoms with Crippen LogP contribution in [-0.4, -0.2) is 22.2 Å². The second-order valence-corrected chi connectivity index (χ2v) is 3.61. The minimum atomic E-state index is -2.97. The number of likely N-dealkylation sites (N-methyl/N-ethyl adjacent to an activating group) is 1. The summed E-state index contributed by atoms with van der Waals surface area (Å²) >= 11 is 0. The van der Waals surface area contributed by atoms with Gasteiger partial charge in [0.1, 0.15) is 17.4 Å². The van der Waals surface area contributed by atoms with Gasteiger partial charge in [-0.1, -0.05) is 0 Å². The van der Waals surface area contributed by atoms with Crippen LogP contribution < -0.4 is 5.32 Å². The monoisotopic (exact) mass is 267 g/mol. The number of amides is 1. The number of halogens is 4. The summed E-state index contributed by atoms with van der Waals surface area (Å²) < 4.78 is 50.8. The van der Waals surface area contributed by atoms with E-state index in [1.54, 1.807) is 6.92 Å². The van der Waals surface area contributed by atoms with E-state index in [4.69, 9.17) is 0 Å². The van der Waals surface area contributed by atoms with Crippen LogP contribution in [0.15, 0.2) is 6.07 Å². The average molecular weight is 267 g/mol. The lowest BCUT2D eigenvalue weighted by Gasteiger charge is -2.14. The van der Waals surface area contributed by atoms with Crippen molar-refractivity contribution in [2.24, 2.45) is 0 Å². The van der Waals surface area contributed by atoms with Crippen molar-refractivity contribution in [3.63, 3.8) is 0 Å². The molecule has 1 aromatic rings. The van der Waals surface area contributed by atoms with Gasteiger partial charge in [0, 0.05) is 6.54 Å². The lowest BCUT2D eigenvalue weighted by molar-refractivity contribution is -0.124. The third-order valence-corrected chi connectivity index (χ3v) is 2.33. The van der Waals surface area contributed by atoms with Crippen LogP contribution in [0.3, 0.4) is 0 Å². The molecule has 102 valence electrons. The van der Waals surface area contributed by atoms with Crippen LogP contribution >= 0.6 is 0 Å². The van der Waals surface area contributed by atoms with E-state index < -0.39 is 36.2 Å². The second-order valence-electron chi connectivity index (χ2n) is 3.61. The van der Waals surface area contributed by atoms with E-state index in [-0.39, 0.29) is 0 Å². The Balaban J connectivity index is 3.09. The van der Waals surface area contributed by atoms with Gasteiger partial charge in [-0.3, -0.25) is 9.48 Å². The zero-order valence-electron chi connectivity index (χ0n) is 9.83. The predicted molar refractivity (Wildman–Crippen MR) is 55.5 cm³/mol. The van der Waals surface area contributed by atoms with Crippen LogP contribution in [0.25, 0.3) is 0 Å². The van der Waals surface area contributed by atoms with Crippen molar-refractivity contribution < 1.29 is 22.4 Å². The SMILES string of the molecule is CCNC(=O)C(C)n1nc(C(F)F)cc1C(F)F. The number of nitrogens with zero attached hydrogens (tertiary/aromatic N) is 2. The first-order valence-electron chi connectivity index (χ1n) is 5.31. The molecule has 0 aliphatic heterocycles. The van der Waals surface area contributed by atoms with Crippen LogP contribution in [0.1, 0.15) is 44.1 Å². The number of hydrogen-bond donors (Lipinski definition) is 1. The summed E-state index contributed by atoms with van der Waals surface area (Å²) in [7, 11) is 0. The molecule has 8 heteroatoms. The topological polar surface area (TPSA) is 46.9 Å². The number of rotatable bonds is 5. The van der Waals surface area contributed by atoms with Gasteiger partial charge in [-0.05, 0) is 19.9 Å². The quantitative estimate of drug-likeness (QED) is 0.833. The smallest absolute Gasteiger partial charge is 0.282 e. The summed E-state index contributed by atoms with van der Waals surface area (Å²) in [5.41, 5.74) is -1.45. The standard InChI is InChI=1S/C10H13F4N3O/c1-3-15-10(18)5(2)17-7(9(13)14)4-6(16-17)8(11)12/h4-5,8-9H,3H2,1-2H3,(H,15,18). The normalized spacial score (nSPS) is 13.1. The minimum absolute atomic E-state index is 0.316. The van der Waals surface area contributed by atoms with Crippen LogP contribution in [0, 0.1) is 0 Å². The highest BCUT2D eigenvalue weighted by atomic mass is 19.3. The maximum absolute atomic E-state index is 12.7. The van der Waals surface area contributed by atoms with Crippen molar-refractivity contribution in [3.05, 3.63) is 17.5 Å². The first-order valence-corrected chi connectivity index (χ1v) is 5.31. The molecule has 0 radical (unpaired) electrons. The summed E-state index contributed by atoms with van der Waals surface area (Å²) in [6, 6.07) is -0.452. The highest BCUT2D eigenvalue weighted by Gasteiger charge is 2.26. The van der Waals surface area contributed by atoms with E-state index in [0.717, 1.165) is 0 Å². The van der Waals surface area contributed by atoms with E-state index in [9.17, 15) is 22.4 Å². The van der Waals surface area contributed by atoms with Gasteiger partial charge in [0.25, 0.3) is 12.9 Å². The lowest BCUT2D eigenvalue weighted by Crippen LogP contribution is -2.32. The Bertz CT molecular complexity index is 419. The Morgan fingerprint density at radius 2 is 2.00 bits per heavy atom. The number of nitrogens with one attached hydrogen (secondary N) is 1. The van der Waals surface area contributed by atoms with Crippen molar-refractivity contribution in [1.29, 1.82) is 0 Å². The summed E-state index contributed by atoms with van der Waals surface area (Å²) in [5.74, 6) is -0.552. The number of aromatic nitrogens is 2. The van der Waals surface area contributed by atoms with Gasteiger partial charge in [0.05, 0.1) is 0 Å². The van der Waals surface area contributed by atoms with E-state index in [1.807, 2.05) is 0 Å². The van der Waals surface area contributed by atoms with Crippen molar-refractivity contribution in [1.82, 2.24) is 15.1 Å². The highest BCUT2D eigenvalue weighted by molar-refractivity contribution is 5.79. The molecule has 0 aliphatic rings. The highest BCUT2D eigenvalue weighted by Crippen LogP contribution is 2.27. The number of carbonyl (C=O) groups is 1. The van der Waals surface area contributed by atoms with E-state index >= 15 is 0 Å². The van der Waals surface area contributed by atoms with Crippen molar-refractivity contribution in [2.45, 2.75) is 32.7 Å². The van der Waals surface area contributed by atoms with Crippen molar-refractivity contribution in [3.8, 4) is 0 Å². The van der Waals surface area contributed by atoms with Crippen LogP contribution in [0.5, 0.6) is 0 Å². The summed E-state index contributed by atoms with van der Waals surface area (Å²) in [5, 5.41) is 5.78. The van der Waals surface area contributed by atoms with Gasteiger partial charge in [0.15, 0.2) is 0 Å². The molecule has 1 N–H and O–H groups in total. The first kappa shape index (κ1) is 14.5. The molecule has 1 aromatic heterocycles. The van der Waals surface area contributed by atoms with Crippen LogP contribution in [0.2, 0.25) is 0 Å². The molecule has 0 spiro atoms. The number of hydrogen-bond acceptors (Lipinski definition) is 2. The van der Waals surface area contributed by atoms with Gasteiger partial charge in [-0.2, -0.15) is 5.10 Å². The Kier molecular flexibility index (Phi) is 4.69. The molecule has 18 heavy (non-hydrogen) atoms. The Hall–Kier alpha value is -1.60. The summed E-state index contributed by atoms with van der Waals surface area (Å²) in [6.07, 6.45) is -5.92. The largest absolute Gasteiger partial charge is 0.355 e. The van der Waals surface area contributed by atoms with E-state index in [2.05, 4.69) is 10.4 Å². The molecule has 1 rings (SSSR count). The molecule has 0 aromatic carbocycles. The van der Waals surface area contributed by atoms with Crippen LogP contribution in [-0.2, 0) is 4.79 Å². The summed E-state index contributed by atoms with van der Waals surface area (Å²) in [6.45, 7) is 3.29. The zero-order valence-corrected chi connectivity index (χ0v) is 9.83. The molecule has 1 heterocycles. The molecule has 0 aliphatic carbocycles.